The van der Waals surface area contributed by atoms with Gasteiger partial charge in [-0.2, -0.15) is 0 Å². The molecule has 0 aromatic carbocycles. The molecule has 0 atom stereocenters. The van der Waals surface area contributed by atoms with Gasteiger partial charge in [-0.1, -0.05) is 6.07 Å². The van der Waals surface area contributed by atoms with Crippen LogP contribution in [0.2, 0.25) is 0 Å². The third-order valence-corrected chi connectivity index (χ3v) is 2.38. The minimum absolute atomic E-state index is 0.820. The van der Waals surface area contributed by atoms with Crippen LogP contribution in [0, 0.1) is 13.8 Å². The largest absolute Gasteiger partial charge is 0.314 e. The summed E-state index contributed by atoms with van der Waals surface area (Å²) in [6.45, 7) is 4.95. The zero-order valence-corrected chi connectivity index (χ0v) is 8.83. The Morgan fingerprint density at radius 3 is 2.86 bits per heavy atom. The molecule has 0 aliphatic rings. The molecule has 2 aromatic rings. The van der Waals surface area contributed by atoms with Crippen molar-refractivity contribution in [3.8, 4) is 0 Å². The fraction of sp³-hybridized carbons (Fsp3) is 0.364. The summed E-state index contributed by atoms with van der Waals surface area (Å²) in [6.07, 6.45) is 2.12. The van der Waals surface area contributed by atoms with Gasteiger partial charge in [-0.25, -0.2) is 4.98 Å². The number of pyridine rings is 1. The van der Waals surface area contributed by atoms with Crippen molar-refractivity contribution in [3.05, 3.63) is 35.4 Å². The molecule has 0 radical (unpaired) electrons. The van der Waals surface area contributed by atoms with Crippen LogP contribution < -0.4 is 5.32 Å². The van der Waals surface area contributed by atoms with Crippen molar-refractivity contribution >= 4 is 5.52 Å². The van der Waals surface area contributed by atoms with Crippen molar-refractivity contribution in [3.63, 3.8) is 0 Å². The maximum Gasteiger partial charge on any atom is 0.110 e. The number of nitrogens with one attached hydrogen (secondary N) is 1. The van der Waals surface area contributed by atoms with E-state index in [1.165, 1.54) is 11.1 Å². The van der Waals surface area contributed by atoms with Crippen molar-refractivity contribution in [1.82, 2.24) is 14.7 Å². The quantitative estimate of drug-likeness (QED) is 0.778. The lowest BCUT2D eigenvalue weighted by molar-refractivity contribution is 0.800. The average Bonchev–Trinajstić information content (AvgIpc) is 2.44. The van der Waals surface area contributed by atoms with E-state index in [0.29, 0.717) is 0 Å². The summed E-state index contributed by atoms with van der Waals surface area (Å²) in [6, 6.07) is 4.25. The second kappa shape index (κ2) is 3.42. The number of fused-ring (bicyclic) bond motifs is 1. The molecule has 1 N–H and O–H groups in total. The molecule has 0 saturated carbocycles. The molecule has 0 amide bonds. The van der Waals surface area contributed by atoms with E-state index in [1.807, 2.05) is 14.0 Å². The van der Waals surface area contributed by atoms with Gasteiger partial charge in [-0.05, 0) is 32.5 Å². The van der Waals surface area contributed by atoms with E-state index in [0.717, 1.165) is 18.1 Å². The summed E-state index contributed by atoms with van der Waals surface area (Å²) in [4.78, 5) is 4.52. The van der Waals surface area contributed by atoms with E-state index >= 15 is 0 Å². The van der Waals surface area contributed by atoms with Crippen molar-refractivity contribution in [2.24, 2.45) is 0 Å². The molecule has 3 nitrogen and oxygen atoms in total. The smallest absolute Gasteiger partial charge is 0.110 e. The molecule has 3 heteroatoms. The lowest BCUT2D eigenvalue weighted by Crippen LogP contribution is -2.05. The molecule has 0 bridgehead atoms. The molecular weight excluding hydrogens is 174 g/mol. The number of imidazole rings is 1. The Morgan fingerprint density at radius 2 is 2.14 bits per heavy atom. The van der Waals surface area contributed by atoms with Crippen molar-refractivity contribution in [2.45, 2.75) is 20.4 Å². The summed E-state index contributed by atoms with van der Waals surface area (Å²) < 4.78 is 2.14. The topological polar surface area (TPSA) is 29.3 Å². The van der Waals surface area contributed by atoms with Gasteiger partial charge in [0, 0.05) is 12.7 Å². The van der Waals surface area contributed by atoms with Crippen molar-refractivity contribution in [2.75, 3.05) is 7.05 Å². The van der Waals surface area contributed by atoms with Crippen LogP contribution in [0.3, 0.4) is 0 Å². The van der Waals surface area contributed by atoms with Gasteiger partial charge >= 0.3 is 0 Å². The lowest BCUT2D eigenvalue weighted by Gasteiger charge is -1.99. The summed E-state index contributed by atoms with van der Waals surface area (Å²) in [5, 5.41) is 3.13. The van der Waals surface area contributed by atoms with E-state index in [2.05, 4.69) is 40.0 Å². The Kier molecular flexibility index (Phi) is 2.25. The van der Waals surface area contributed by atoms with Gasteiger partial charge < -0.3 is 9.72 Å². The Morgan fingerprint density at radius 1 is 1.36 bits per heavy atom. The monoisotopic (exact) mass is 189 g/mol. The number of nitrogens with zero attached hydrogens (tertiary/aromatic N) is 2. The van der Waals surface area contributed by atoms with E-state index < -0.39 is 0 Å². The zero-order valence-electron chi connectivity index (χ0n) is 8.83. The van der Waals surface area contributed by atoms with Crippen LogP contribution >= 0.6 is 0 Å². The molecule has 0 aliphatic heterocycles. The SMILES string of the molecule is CNCc1nc(C)n2cc(C)ccc12. The van der Waals surface area contributed by atoms with Crippen LogP contribution in [0.4, 0.5) is 0 Å². The highest BCUT2D eigenvalue weighted by Crippen LogP contribution is 2.13. The van der Waals surface area contributed by atoms with Crippen LogP contribution in [-0.2, 0) is 6.54 Å². The number of hydrogen-bond acceptors (Lipinski definition) is 2. The number of hydrogen-bond donors (Lipinski definition) is 1. The predicted molar refractivity (Wildman–Crippen MR) is 57.4 cm³/mol. The maximum absolute atomic E-state index is 4.52. The minimum atomic E-state index is 0.820. The third kappa shape index (κ3) is 1.40. The highest BCUT2D eigenvalue weighted by atomic mass is 15.0. The fourth-order valence-corrected chi connectivity index (χ4v) is 1.71. The van der Waals surface area contributed by atoms with Crippen LogP contribution in [-0.4, -0.2) is 16.4 Å². The molecule has 2 heterocycles. The molecule has 14 heavy (non-hydrogen) atoms. The zero-order chi connectivity index (χ0) is 10.1. The van der Waals surface area contributed by atoms with Gasteiger partial charge in [0.2, 0.25) is 0 Å². The highest BCUT2D eigenvalue weighted by Gasteiger charge is 2.06. The normalized spacial score (nSPS) is 11.1. The van der Waals surface area contributed by atoms with Crippen molar-refractivity contribution < 1.29 is 0 Å². The first-order valence-electron chi connectivity index (χ1n) is 4.81. The second-order valence-corrected chi connectivity index (χ2v) is 3.60. The van der Waals surface area contributed by atoms with Gasteiger partial charge in [0.25, 0.3) is 0 Å². The molecule has 2 rings (SSSR count). The third-order valence-electron chi connectivity index (χ3n) is 2.38. The van der Waals surface area contributed by atoms with E-state index in [9.17, 15) is 0 Å². The van der Waals surface area contributed by atoms with Gasteiger partial charge in [-0.3, -0.25) is 0 Å². The van der Waals surface area contributed by atoms with E-state index in [4.69, 9.17) is 0 Å². The van der Waals surface area contributed by atoms with Gasteiger partial charge in [-0.15, -0.1) is 0 Å². The Balaban J connectivity index is 2.65. The van der Waals surface area contributed by atoms with Crippen molar-refractivity contribution in [1.29, 1.82) is 0 Å². The van der Waals surface area contributed by atoms with E-state index in [-0.39, 0.29) is 0 Å². The average molecular weight is 189 g/mol. The maximum atomic E-state index is 4.52. The Bertz CT molecular complexity index is 457. The first kappa shape index (κ1) is 9.21. The minimum Gasteiger partial charge on any atom is -0.314 e. The molecule has 74 valence electrons. The predicted octanol–water partition coefficient (Wildman–Crippen LogP) is 1.67. The molecule has 0 unspecified atom stereocenters. The molecule has 2 aromatic heterocycles. The lowest BCUT2D eigenvalue weighted by atomic mass is 10.2. The highest BCUT2D eigenvalue weighted by molar-refractivity contribution is 5.53. The van der Waals surface area contributed by atoms with Crippen LogP contribution in [0.15, 0.2) is 18.3 Å². The Hall–Kier alpha value is -1.35. The summed E-state index contributed by atoms with van der Waals surface area (Å²) >= 11 is 0. The van der Waals surface area contributed by atoms with E-state index in [1.54, 1.807) is 0 Å². The first-order valence-corrected chi connectivity index (χ1v) is 4.81. The summed E-state index contributed by atoms with van der Waals surface area (Å²) in [5.74, 6) is 1.05. The standard InChI is InChI=1S/C11H15N3/c1-8-4-5-11-10(6-12-3)13-9(2)14(11)7-8/h4-5,7,12H,6H2,1-3H3. The van der Waals surface area contributed by atoms with Crippen LogP contribution in [0.1, 0.15) is 17.1 Å². The molecule has 0 saturated heterocycles. The summed E-state index contributed by atoms with van der Waals surface area (Å²) in [7, 11) is 1.94. The van der Waals surface area contributed by atoms with Gasteiger partial charge in [0.05, 0.1) is 11.2 Å². The summed E-state index contributed by atoms with van der Waals surface area (Å²) in [5.41, 5.74) is 3.57. The number of rotatable bonds is 2. The molecular formula is C11H15N3. The molecule has 0 spiro atoms. The number of aromatic nitrogens is 2. The van der Waals surface area contributed by atoms with Gasteiger partial charge in [0.15, 0.2) is 0 Å². The second-order valence-electron chi connectivity index (χ2n) is 3.60. The molecule has 0 aliphatic carbocycles. The van der Waals surface area contributed by atoms with Crippen LogP contribution in [0.5, 0.6) is 0 Å². The number of aryl methyl sites for hydroxylation is 2. The Labute approximate surface area is 83.8 Å². The van der Waals surface area contributed by atoms with Crippen LogP contribution in [0.25, 0.3) is 5.52 Å². The fourth-order valence-electron chi connectivity index (χ4n) is 1.71. The molecule has 0 fully saturated rings. The van der Waals surface area contributed by atoms with Gasteiger partial charge in [0.1, 0.15) is 5.82 Å². The first-order chi connectivity index (χ1) is 6.72.